The van der Waals surface area contributed by atoms with Gasteiger partial charge in [0, 0.05) is 37.0 Å². The van der Waals surface area contributed by atoms with Gasteiger partial charge in [0.2, 0.25) is 0 Å². The molecule has 1 aliphatic heterocycles. The van der Waals surface area contributed by atoms with Crippen molar-refractivity contribution in [3.8, 4) is 11.1 Å². The normalized spacial score (nSPS) is 13.1. The third kappa shape index (κ3) is 2.84. The average Bonchev–Trinajstić information content (AvgIpc) is 3.24. The van der Waals surface area contributed by atoms with E-state index in [0.717, 1.165) is 28.9 Å². The fourth-order valence-corrected chi connectivity index (χ4v) is 3.44. The van der Waals surface area contributed by atoms with Gasteiger partial charge in [0.15, 0.2) is 0 Å². The van der Waals surface area contributed by atoms with E-state index in [2.05, 4.69) is 24.2 Å². The van der Waals surface area contributed by atoms with Gasteiger partial charge in [0.25, 0.3) is 5.91 Å². The van der Waals surface area contributed by atoms with E-state index in [1.54, 1.807) is 0 Å². The van der Waals surface area contributed by atoms with E-state index in [0.29, 0.717) is 13.1 Å². The average molecular weight is 331 g/mol. The quantitative estimate of drug-likeness (QED) is 0.726. The Bertz CT molecular complexity index is 917. The minimum atomic E-state index is 0.0820. The molecule has 4 rings (SSSR count). The van der Waals surface area contributed by atoms with Gasteiger partial charge in [-0.15, -0.1) is 0 Å². The Morgan fingerprint density at radius 2 is 1.80 bits per heavy atom. The molecule has 4 heteroatoms. The molecule has 126 valence electrons. The van der Waals surface area contributed by atoms with Crippen LogP contribution in [0.5, 0.6) is 0 Å². The van der Waals surface area contributed by atoms with Crippen molar-refractivity contribution in [3.63, 3.8) is 0 Å². The van der Waals surface area contributed by atoms with Crippen molar-refractivity contribution in [2.24, 2.45) is 0 Å². The number of benzene rings is 2. The summed E-state index contributed by atoms with van der Waals surface area (Å²) in [6.45, 7) is 6.29. The summed E-state index contributed by atoms with van der Waals surface area (Å²) >= 11 is 0. The van der Waals surface area contributed by atoms with Crippen LogP contribution < -0.4 is 0 Å². The Labute approximate surface area is 147 Å². The third-order valence-corrected chi connectivity index (χ3v) is 4.82. The van der Waals surface area contributed by atoms with Gasteiger partial charge in [-0.25, -0.2) is 0 Å². The molecule has 3 aromatic rings. The number of aryl methyl sites for hydroxylation is 2. The topological polar surface area (TPSA) is 38.1 Å². The lowest BCUT2D eigenvalue weighted by atomic mass is 10.0. The fraction of sp³-hybridized carbons (Fsp3) is 0.238. The van der Waals surface area contributed by atoms with Gasteiger partial charge in [0.05, 0.1) is 5.69 Å². The molecule has 0 bridgehead atoms. The van der Waals surface area contributed by atoms with E-state index >= 15 is 0 Å². The Morgan fingerprint density at radius 3 is 2.44 bits per heavy atom. The van der Waals surface area contributed by atoms with Crippen molar-refractivity contribution < 1.29 is 4.79 Å². The predicted octanol–water partition coefficient (Wildman–Crippen LogP) is 4.03. The molecule has 0 saturated carbocycles. The molecule has 4 nitrogen and oxygen atoms in total. The molecule has 1 aliphatic rings. The standard InChI is InChI=1S/C21H21N3O/c1-3-24-14-20(15(2)22-24)16-9-6-10-17(11-16)21(25)23-12-18-7-4-5-8-19(18)13-23/h4-11,14H,3,12-13H2,1-2H3. The molecule has 0 aliphatic carbocycles. The van der Waals surface area contributed by atoms with Crippen molar-refractivity contribution in [1.29, 1.82) is 0 Å². The highest BCUT2D eigenvalue weighted by Gasteiger charge is 2.24. The fourth-order valence-electron chi connectivity index (χ4n) is 3.44. The van der Waals surface area contributed by atoms with Gasteiger partial charge in [-0.2, -0.15) is 5.10 Å². The molecular formula is C21H21N3O. The molecule has 0 radical (unpaired) electrons. The summed E-state index contributed by atoms with van der Waals surface area (Å²) in [5, 5.41) is 4.51. The zero-order valence-corrected chi connectivity index (χ0v) is 14.6. The second kappa shape index (κ2) is 6.20. The summed E-state index contributed by atoms with van der Waals surface area (Å²) in [4.78, 5) is 14.9. The van der Waals surface area contributed by atoms with E-state index in [-0.39, 0.29) is 5.91 Å². The van der Waals surface area contributed by atoms with E-state index in [1.165, 1.54) is 11.1 Å². The first-order valence-electron chi connectivity index (χ1n) is 8.66. The van der Waals surface area contributed by atoms with Crippen LogP contribution >= 0.6 is 0 Å². The Hall–Kier alpha value is -2.88. The minimum absolute atomic E-state index is 0.0820. The zero-order chi connectivity index (χ0) is 17.4. The summed E-state index contributed by atoms with van der Waals surface area (Å²) in [6, 6.07) is 16.1. The monoisotopic (exact) mass is 331 g/mol. The second-order valence-electron chi connectivity index (χ2n) is 6.49. The highest BCUT2D eigenvalue weighted by molar-refractivity contribution is 5.95. The summed E-state index contributed by atoms with van der Waals surface area (Å²) in [5.41, 5.74) is 6.33. The van der Waals surface area contributed by atoms with Crippen LogP contribution in [0.2, 0.25) is 0 Å². The first kappa shape index (κ1) is 15.6. The first-order chi connectivity index (χ1) is 12.2. The van der Waals surface area contributed by atoms with Gasteiger partial charge in [-0.05, 0) is 42.7 Å². The predicted molar refractivity (Wildman–Crippen MR) is 98.1 cm³/mol. The summed E-state index contributed by atoms with van der Waals surface area (Å²) in [5.74, 6) is 0.0820. The van der Waals surface area contributed by atoms with Gasteiger partial charge in [-0.3, -0.25) is 9.48 Å². The lowest BCUT2D eigenvalue weighted by Gasteiger charge is -2.16. The number of carbonyl (C=O) groups is 1. The maximum absolute atomic E-state index is 13.0. The lowest BCUT2D eigenvalue weighted by Crippen LogP contribution is -2.25. The molecule has 1 aromatic heterocycles. The smallest absolute Gasteiger partial charge is 0.254 e. The van der Waals surface area contributed by atoms with E-state index in [9.17, 15) is 4.79 Å². The number of rotatable bonds is 3. The van der Waals surface area contributed by atoms with E-state index in [4.69, 9.17) is 0 Å². The summed E-state index contributed by atoms with van der Waals surface area (Å²) in [6.07, 6.45) is 2.05. The number of hydrogen-bond acceptors (Lipinski definition) is 2. The highest BCUT2D eigenvalue weighted by atomic mass is 16.2. The van der Waals surface area contributed by atoms with Crippen LogP contribution in [-0.2, 0) is 19.6 Å². The van der Waals surface area contributed by atoms with Crippen molar-refractivity contribution in [3.05, 3.63) is 77.1 Å². The number of nitrogens with zero attached hydrogens (tertiary/aromatic N) is 3. The molecule has 0 saturated heterocycles. The van der Waals surface area contributed by atoms with Crippen molar-refractivity contribution in [2.75, 3.05) is 0 Å². The number of aromatic nitrogens is 2. The van der Waals surface area contributed by atoms with Crippen LogP contribution in [0, 0.1) is 6.92 Å². The molecule has 0 atom stereocenters. The number of fused-ring (bicyclic) bond motifs is 1. The Balaban J connectivity index is 1.61. The SMILES string of the molecule is CCn1cc(-c2cccc(C(=O)N3Cc4ccccc4C3)c2)c(C)n1. The molecule has 0 fully saturated rings. The molecule has 1 amide bonds. The molecule has 0 unspecified atom stereocenters. The van der Waals surface area contributed by atoms with Crippen LogP contribution in [0.25, 0.3) is 11.1 Å². The van der Waals surface area contributed by atoms with E-state index < -0.39 is 0 Å². The molecular weight excluding hydrogens is 310 g/mol. The van der Waals surface area contributed by atoms with Gasteiger partial charge < -0.3 is 4.90 Å². The van der Waals surface area contributed by atoms with Crippen LogP contribution in [0.3, 0.4) is 0 Å². The maximum Gasteiger partial charge on any atom is 0.254 e. The minimum Gasteiger partial charge on any atom is -0.330 e. The van der Waals surface area contributed by atoms with Crippen LogP contribution in [0.4, 0.5) is 0 Å². The van der Waals surface area contributed by atoms with Crippen LogP contribution in [0.1, 0.15) is 34.1 Å². The Kier molecular flexibility index (Phi) is 3.88. The molecule has 25 heavy (non-hydrogen) atoms. The third-order valence-electron chi connectivity index (χ3n) is 4.82. The molecule has 2 aromatic carbocycles. The number of carbonyl (C=O) groups excluding carboxylic acids is 1. The maximum atomic E-state index is 13.0. The second-order valence-corrected chi connectivity index (χ2v) is 6.49. The van der Waals surface area contributed by atoms with Crippen LogP contribution in [-0.4, -0.2) is 20.6 Å². The first-order valence-corrected chi connectivity index (χ1v) is 8.66. The number of amides is 1. The van der Waals surface area contributed by atoms with Crippen molar-refractivity contribution >= 4 is 5.91 Å². The molecule has 0 N–H and O–H groups in total. The van der Waals surface area contributed by atoms with Crippen molar-refractivity contribution in [2.45, 2.75) is 33.5 Å². The zero-order valence-electron chi connectivity index (χ0n) is 14.6. The van der Waals surface area contributed by atoms with Crippen molar-refractivity contribution in [1.82, 2.24) is 14.7 Å². The van der Waals surface area contributed by atoms with Gasteiger partial charge in [0.1, 0.15) is 0 Å². The molecule has 0 spiro atoms. The number of hydrogen-bond donors (Lipinski definition) is 0. The highest BCUT2D eigenvalue weighted by Crippen LogP contribution is 2.27. The summed E-state index contributed by atoms with van der Waals surface area (Å²) in [7, 11) is 0. The lowest BCUT2D eigenvalue weighted by molar-refractivity contribution is 0.0751. The Morgan fingerprint density at radius 1 is 1.08 bits per heavy atom. The van der Waals surface area contributed by atoms with Gasteiger partial charge >= 0.3 is 0 Å². The van der Waals surface area contributed by atoms with E-state index in [1.807, 2.05) is 59.1 Å². The van der Waals surface area contributed by atoms with Gasteiger partial charge in [-0.1, -0.05) is 36.4 Å². The summed E-state index contributed by atoms with van der Waals surface area (Å²) < 4.78 is 1.93. The largest absolute Gasteiger partial charge is 0.330 e. The molecule has 2 heterocycles. The van der Waals surface area contributed by atoms with Crippen LogP contribution in [0.15, 0.2) is 54.7 Å².